The molecule has 134 valence electrons. The Morgan fingerprint density at radius 2 is 2.19 bits per heavy atom. The van der Waals surface area contributed by atoms with Gasteiger partial charge in [0.2, 0.25) is 0 Å². The number of nitrogens with zero attached hydrogens (tertiary/aromatic N) is 2. The molecule has 2 bridgehead atoms. The fourth-order valence-corrected chi connectivity index (χ4v) is 4.40. The van der Waals surface area contributed by atoms with Crippen LogP contribution in [0.15, 0.2) is 35.0 Å². The molecule has 2 aliphatic heterocycles. The highest BCUT2D eigenvalue weighted by Crippen LogP contribution is 2.30. The van der Waals surface area contributed by atoms with Gasteiger partial charge in [-0.25, -0.2) is 0 Å². The van der Waals surface area contributed by atoms with Gasteiger partial charge in [0.15, 0.2) is 5.69 Å². The number of H-pyrrole nitrogens is 1. The minimum absolute atomic E-state index is 0.0488. The Kier molecular flexibility index (Phi) is 4.44. The zero-order valence-electron chi connectivity index (χ0n) is 13.9. The molecule has 3 N–H and O–H groups in total. The fraction of sp³-hybridized carbons (Fsp3) is 0.278. The zero-order chi connectivity index (χ0) is 18.1. The molecule has 7 nitrogen and oxygen atoms in total. The van der Waals surface area contributed by atoms with Crippen molar-refractivity contribution in [3.8, 4) is 11.1 Å². The van der Waals surface area contributed by atoms with Crippen LogP contribution in [-0.4, -0.2) is 57.8 Å². The highest BCUT2D eigenvalue weighted by Gasteiger charge is 2.41. The third kappa shape index (κ3) is 2.87. The van der Waals surface area contributed by atoms with E-state index in [-0.39, 0.29) is 12.4 Å². The number of aromatic nitrogens is 2. The van der Waals surface area contributed by atoms with Crippen LogP contribution in [0.3, 0.4) is 0 Å². The van der Waals surface area contributed by atoms with Crippen LogP contribution in [0.1, 0.15) is 16.9 Å². The third-order valence-corrected chi connectivity index (χ3v) is 5.62. The number of amides is 1. The van der Waals surface area contributed by atoms with E-state index in [0.29, 0.717) is 17.8 Å². The van der Waals surface area contributed by atoms with Crippen LogP contribution >= 0.6 is 11.3 Å². The molecule has 26 heavy (non-hydrogen) atoms. The molecule has 4 heterocycles. The van der Waals surface area contributed by atoms with Crippen LogP contribution in [0, 0.1) is 0 Å². The highest BCUT2D eigenvalue weighted by atomic mass is 32.1. The van der Waals surface area contributed by atoms with Gasteiger partial charge in [-0.1, -0.05) is 6.07 Å². The van der Waals surface area contributed by atoms with Crippen molar-refractivity contribution >= 4 is 34.6 Å². The first-order chi connectivity index (χ1) is 12.7. The molecular weight excluding hydrogens is 352 g/mol. The van der Waals surface area contributed by atoms with Crippen molar-refractivity contribution in [2.24, 2.45) is 0 Å². The topological polar surface area (TPSA) is 98.3 Å². The van der Waals surface area contributed by atoms with Crippen molar-refractivity contribution in [3.05, 3.63) is 40.7 Å². The number of benzene rings is 1. The van der Waals surface area contributed by atoms with Crippen molar-refractivity contribution < 1.29 is 14.7 Å². The van der Waals surface area contributed by atoms with Gasteiger partial charge < -0.3 is 15.3 Å². The first-order valence-electron chi connectivity index (χ1n) is 8.34. The molecular formula is C18H18N4O3S. The number of fused-ring (bicyclic) bond motifs is 3. The Labute approximate surface area is 153 Å². The summed E-state index contributed by atoms with van der Waals surface area (Å²) in [7, 11) is 0. The van der Waals surface area contributed by atoms with E-state index in [9.17, 15) is 4.79 Å². The van der Waals surface area contributed by atoms with Gasteiger partial charge in [-0.3, -0.25) is 14.7 Å². The normalized spacial score (nSPS) is 20.8. The summed E-state index contributed by atoms with van der Waals surface area (Å²) in [6.07, 6.45) is 1.06. The maximum atomic E-state index is 12.9. The number of hydrogen-bond acceptors (Lipinski definition) is 5. The Bertz CT molecular complexity index is 937. The summed E-state index contributed by atoms with van der Waals surface area (Å²) in [6.45, 7) is 1.45. The monoisotopic (exact) mass is 370 g/mol. The van der Waals surface area contributed by atoms with Gasteiger partial charge in [0, 0.05) is 30.6 Å². The van der Waals surface area contributed by atoms with E-state index in [1.165, 1.54) is 5.56 Å². The average Bonchev–Trinajstić information content (AvgIpc) is 3.45. The average molecular weight is 370 g/mol. The molecule has 0 saturated carbocycles. The Morgan fingerprint density at radius 3 is 2.85 bits per heavy atom. The summed E-state index contributed by atoms with van der Waals surface area (Å²) in [5, 5.41) is 22.7. The number of carbonyl (C=O) groups excluding carboxylic acids is 1. The van der Waals surface area contributed by atoms with E-state index in [1.54, 1.807) is 11.3 Å². The predicted molar refractivity (Wildman–Crippen MR) is 99.3 cm³/mol. The predicted octanol–water partition coefficient (Wildman–Crippen LogP) is 2.18. The van der Waals surface area contributed by atoms with Crippen LogP contribution in [0.25, 0.3) is 22.0 Å². The number of thiophene rings is 1. The minimum Gasteiger partial charge on any atom is -0.483 e. The van der Waals surface area contributed by atoms with E-state index in [2.05, 4.69) is 44.5 Å². The van der Waals surface area contributed by atoms with Gasteiger partial charge in [-0.15, -0.1) is 0 Å². The number of nitrogens with one attached hydrogen (secondary N) is 2. The highest BCUT2D eigenvalue weighted by molar-refractivity contribution is 7.08. The van der Waals surface area contributed by atoms with Crippen molar-refractivity contribution in [2.75, 3.05) is 13.1 Å². The maximum absolute atomic E-state index is 12.9. The number of rotatable bonds is 2. The Balaban J connectivity index is 0.000000527. The molecule has 5 rings (SSSR count). The molecule has 0 unspecified atom stereocenters. The zero-order valence-corrected chi connectivity index (χ0v) is 14.7. The fourth-order valence-electron chi connectivity index (χ4n) is 3.73. The van der Waals surface area contributed by atoms with Crippen molar-refractivity contribution in [2.45, 2.75) is 18.5 Å². The number of carbonyl (C=O) groups is 2. The number of piperazine rings is 1. The largest absolute Gasteiger partial charge is 0.483 e. The van der Waals surface area contributed by atoms with Crippen molar-refractivity contribution in [1.82, 2.24) is 20.4 Å². The molecule has 1 aromatic carbocycles. The summed E-state index contributed by atoms with van der Waals surface area (Å²) in [5.41, 5.74) is 3.76. The van der Waals surface area contributed by atoms with Crippen LogP contribution in [0.5, 0.6) is 0 Å². The lowest BCUT2D eigenvalue weighted by Crippen LogP contribution is -2.46. The molecule has 2 saturated heterocycles. The molecule has 0 spiro atoms. The summed E-state index contributed by atoms with van der Waals surface area (Å²) in [6, 6.07) is 9.01. The first-order valence-corrected chi connectivity index (χ1v) is 9.28. The lowest BCUT2D eigenvalue weighted by atomic mass is 10.1. The van der Waals surface area contributed by atoms with Crippen molar-refractivity contribution in [1.29, 1.82) is 0 Å². The summed E-state index contributed by atoms with van der Waals surface area (Å²) in [4.78, 5) is 23.3. The van der Waals surface area contributed by atoms with Crippen LogP contribution in [0.2, 0.25) is 0 Å². The molecule has 2 aliphatic rings. The summed E-state index contributed by atoms with van der Waals surface area (Å²) in [5.74, 6) is 0.0488. The second-order valence-corrected chi connectivity index (χ2v) is 7.18. The molecule has 8 heteroatoms. The number of carboxylic acid groups (broad SMARTS) is 1. The van der Waals surface area contributed by atoms with Crippen LogP contribution in [-0.2, 0) is 4.79 Å². The van der Waals surface area contributed by atoms with Gasteiger partial charge in [0.05, 0.1) is 5.52 Å². The lowest BCUT2D eigenvalue weighted by Gasteiger charge is -2.26. The molecule has 1 amide bonds. The van der Waals surface area contributed by atoms with Crippen molar-refractivity contribution in [3.63, 3.8) is 0 Å². The van der Waals surface area contributed by atoms with Gasteiger partial charge in [-0.05, 0) is 46.5 Å². The quantitative estimate of drug-likeness (QED) is 0.601. The Hall–Kier alpha value is -2.71. The van der Waals surface area contributed by atoms with Gasteiger partial charge in [-0.2, -0.15) is 16.4 Å². The number of likely N-dealkylation sites (tertiary alicyclic amines) is 1. The Morgan fingerprint density at radius 1 is 1.35 bits per heavy atom. The summed E-state index contributed by atoms with van der Waals surface area (Å²) < 4.78 is 0. The van der Waals surface area contributed by atoms with E-state index < -0.39 is 0 Å². The van der Waals surface area contributed by atoms with Gasteiger partial charge >= 0.3 is 0 Å². The van der Waals surface area contributed by atoms with Crippen LogP contribution < -0.4 is 5.32 Å². The van der Waals surface area contributed by atoms with E-state index in [0.717, 1.165) is 36.0 Å². The van der Waals surface area contributed by atoms with Crippen LogP contribution in [0.4, 0.5) is 0 Å². The summed E-state index contributed by atoms with van der Waals surface area (Å²) >= 11 is 1.68. The molecule has 3 aromatic rings. The molecule has 2 fully saturated rings. The van der Waals surface area contributed by atoms with E-state index in [1.807, 2.05) is 11.0 Å². The second kappa shape index (κ2) is 6.89. The van der Waals surface area contributed by atoms with Gasteiger partial charge in [0.25, 0.3) is 12.4 Å². The number of hydrogen-bond donors (Lipinski definition) is 3. The maximum Gasteiger partial charge on any atom is 0.290 e. The molecule has 2 atom stereocenters. The molecule has 0 aliphatic carbocycles. The van der Waals surface area contributed by atoms with E-state index >= 15 is 0 Å². The third-order valence-electron chi connectivity index (χ3n) is 4.94. The van der Waals surface area contributed by atoms with E-state index in [4.69, 9.17) is 9.90 Å². The molecule has 0 radical (unpaired) electrons. The van der Waals surface area contributed by atoms with Gasteiger partial charge in [0.1, 0.15) is 0 Å². The first kappa shape index (κ1) is 16.7. The smallest absolute Gasteiger partial charge is 0.290 e. The standard InChI is InChI=1S/C17H16N4OS.CH2O2/c22-17(21-8-12-6-13(21)7-18-12)16-14-5-10(11-3-4-23-9-11)1-2-15(14)19-20-16;2-1-3/h1-5,9,12-13,18H,6-8H2,(H,19,20);1H,(H,2,3)/t12-,13-;/m0./s1. The lowest BCUT2D eigenvalue weighted by molar-refractivity contribution is -0.122. The molecule has 2 aromatic heterocycles. The minimum atomic E-state index is -0.250. The SMILES string of the molecule is O=C(c1n[nH]c2ccc(-c3ccsc3)cc12)N1C[C@@H]2C[C@H]1CN2.O=CO. The number of aromatic amines is 1. The second-order valence-electron chi connectivity index (χ2n) is 6.40.